The van der Waals surface area contributed by atoms with Crippen LogP contribution >= 0.6 is 52.5 Å². The van der Waals surface area contributed by atoms with Crippen LogP contribution < -0.4 is 47.7 Å². The molecule has 0 radical (unpaired) electrons. The van der Waals surface area contributed by atoms with Gasteiger partial charge in [-0.3, -0.25) is 0 Å². The van der Waals surface area contributed by atoms with Gasteiger partial charge < -0.3 is 0 Å². The van der Waals surface area contributed by atoms with E-state index in [1.54, 1.807) is 0 Å². The van der Waals surface area contributed by atoms with Gasteiger partial charge in [0.2, 0.25) is 0 Å². The van der Waals surface area contributed by atoms with Crippen LogP contribution in [0.15, 0.2) is 273 Å². The second-order valence-corrected chi connectivity index (χ2v) is 31.4. The summed E-state index contributed by atoms with van der Waals surface area (Å²) in [5, 5.41) is 12.9. The molecule has 0 fully saturated rings. The standard InChI is InChI=1S/3C18H15P.3ClH.Ir/c3*1-4-10-16(11-5-1)19(17-12-6-2-7-13-17)18-14-8-3-9-15-18;;;;/h3*1-15H;3*1H;/q;;;;;;+3. The van der Waals surface area contributed by atoms with Crippen LogP contribution in [0.3, 0.4) is 0 Å². The summed E-state index contributed by atoms with van der Waals surface area (Å²) in [5.41, 5.74) is 0. The van der Waals surface area contributed by atoms with E-state index in [-0.39, 0.29) is 0 Å². The SMILES string of the molecule is [Cl][Ir]([Cl])[Cl].c1ccc([PH+](c2ccccc2)c2ccccc2)cc1.c1ccc([PH+](c2ccccc2)c2ccccc2)cc1.c1ccc([PH+](c2ccccc2)c2ccccc2)cc1. The van der Waals surface area contributed by atoms with Crippen LogP contribution in [0.4, 0.5) is 0 Å². The zero-order valence-electron chi connectivity index (χ0n) is 33.4. The summed E-state index contributed by atoms with van der Waals surface area (Å²) >= 11 is -1.92. The fraction of sp³-hybridized carbons (Fsp3) is 0. The zero-order valence-corrected chi connectivity index (χ0v) is 41.1. The van der Waals surface area contributed by atoms with E-state index in [9.17, 15) is 0 Å². The van der Waals surface area contributed by atoms with E-state index in [1.165, 1.54) is 47.7 Å². The van der Waals surface area contributed by atoms with Gasteiger partial charge in [0.05, 0.1) is 23.8 Å². The molecule has 0 aliphatic carbocycles. The molecule has 9 rings (SSSR count). The van der Waals surface area contributed by atoms with E-state index >= 15 is 0 Å². The number of hydrogen-bond acceptors (Lipinski definition) is 0. The largest absolute Gasteiger partial charge is 0.102 e. The molecule has 0 atom stereocenters. The van der Waals surface area contributed by atoms with Crippen LogP contribution in [-0.2, 0) is 13.5 Å². The average Bonchev–Trinajstić information content (AvgIpc) is 3.33. The second kappa shape index (κ2) is 26.3. The van der Waals surface area contributed by atoms with E-state index in [0.29, 0.717) is 0 Å². The summed E-state index contributed by atoms with van der Waals surface area (Å²) in [6, 6.07) is 97.5. The minimum Gasteiger partial charge on any atom is -0.0620 e. The normalized spacial score (nSPS) is 10.6. The molecule has 9 aromatic rings. The second-order valence-electron chi connectivity index (χ2n) is 13.6. The molecule has 0 N–H and O–H groups in total. The predicted octanol–water partition coefficient (Wildman–Crippen LogP) is 11.6. The van der Waals surface area contributed by atoms with E-state index in [1.807, 2.05) is 0 Å². The Kier molecular flexibility index (Phi) is 20.0. The Hall–Kier alpha value is -4.21. The van der Waals surface area contributed by atoms with E-state index in [0.717, 1.165) is 0 Å². The van der Waals surface area contributed by atoms with Gasteiger partial charge in [-0.1, -0.05) is 164 Å². The van der Waals surface area contributed by atoms with Crippen molar-refractivity contribution in [3.8, 4) is 0 Å². The van der Waals surface area contributed by atoms with Gasteiger partial charge in [0.25, 0.3) is 0 Å². The minimum atomic E-state index is -1.92. The minimum absolute atomic E-state index is 0.877. The van der Waals surface area contributed by atoms with Gasteiger partial charge in [-0.15, -0.1) is 0 Å². The van der Waals surface area contributed by atoms with Gasteiger partial charge >= 0.3 is 42.2 Å². The van der Waals surface area contributed by atoms with Gasteiger partial charge in [-0.05, 0) is 109 Å². The molecule has 0 aliphatic rings. The van der Waals surface area contributed by atoms with Gasteiger partial charge in [0, 0.05) is 0 Å². The molecule has 0 unspecified atom stereocenters. The molecule has 61 heavy (non-hydrogen) atoms. The maximum Gasteiger partial charge on any atom is 0.102 e. The van der Waals surface area contributed by atoms with Crippen LogP contribution in [-0.4, -0.2) is 0 Å². The van der Waals surface area contributed by atoms with Crippen LogP contribution in [0.1, 0.15) is 0 Å². The van der Waals surface area contributed by atoms with Crippen molar-refractivity contribution in [2.45, 2.75) is 0 Å². The Morgan fingerprint density at radius 2 is 0.262 bits per heavy atom. The molecule has 0 heterocycles. The summed E-state index contributed by atoms with van der Waals surface area (Å²) < 4.78 is 0. The number of benzene rings is 9. The third-order valence-corrected chi connectivity index (χ3v) is 17.8. The zero-order chi connectivity index (χ0) is 42.3. The fourth-order valence-electron chi connectivity index (χ4n) is 6.94. The van der Waals surface area contributed by atoms with Crippen molar-refractivity contribution < 1.29 is 13.5 Å². The fourth-order valence-corrected chi connectivity index (χ4v) is 14.7. The van der Waals surface area contributed by atoms with Crippen molar-refractivity contribution in [1.29, 1.82) is 0 Å². The Bertz CT molecular complexity index is 1930. The van der Waals surface area contributed by atoms with Crippen LogP contribution in [0.2, 0.25) is 0 Å². The first-order chi connectivity index (χ1) is 30.1. The topological polar surface area (TPSA) is 0 Å². The summed E-state index contributed by atoms with van der Waals surface area (Å²) in [6.07, 6.45) is 0. The maximum atomic E-state index is 4.97. The van der Waals surface area contributed by atoms with Gasteiger partial charge in [-0.2, -0.15) is 0 Å². The van der Waals surface area contributed by atoms with Crippen molar-refractivity contribution in [2.24, 2.45) is 0 Å². The Balaban J connectivity index is 0.000000146. The molecule has 0 aliphatic heterocycles. The molecular formula is C54H48Cl3IrP3+3. The summed E-state index contributed by atoms with van der Waals surface area (Å²) in [4.78, 5) is 0. The monoisotopic (exact) mass is 1090 g/mol. The third-order valence-electron chi connectivity index (χ3n) is 9.56. The van der Waals surface area contributed by atoms with E-state index < -0.39 is 37.2 Å². The van der Waals surface area contributed by atoms with Gasteiger partial charge in [0.1, 0.15) is 47.7 Å². The molecular weight excluding hydrogens is 1040 g/mol. The van der Waals surface area contributed by atoms with Crippen LogP contribution in [0.25, 0.3) is 0 Å². The molecule has 7 heteroatoms. The molecule has 9 aromatic carbocycles. The van der Waals surface area contributed by atoms with Crippen molar-refractivity contribution in [2.75, 3.05) is 0 Å². The summed E-state index contributed by atoms with van der Waals surface area (Å²) in [5.74, 6) is 0. The molecule has 306 valence electrons. The van der Waals surface area contributed by atoms with Crippen LogP contribution in [0.5, 0.6) is 0 Å². The first kappa shape index (κ1) is 46.3. The van der Waals surface area contributed by atoms with Crippen LogP contribution in [0, 0.1) is 0 Å². The molecule has 0 saturated carbocycles. The first-order valence-corrected chi connectivity index (χ1v) is 33.2. The molecule has 0 spiro atoms. The Morgan fingerprint density at radius 1 is 0.180 bits per heavy atom. The number of rotatable bonds is 9. The summed E-state index contributed by atoms with van der Waals surface area (Å²) in [6.45, 7) is 0. The first-order valence-electron chi connectivity index (χ1n) is 19.8. The van der Waals surface area contributed by atoms with Crippen molar-refractivity contribution >= 4 is 100 Å². The molecule has 0 saturated heterocycles. The predicted molar refractivity (Wildman–Crippen MR) is 277 cm³/mol. The Labute approximate surface area is 383 Å². The van der Waals surface area contributed by atoms with Crippen molar-refractivity contribution in [3.05, 3.63) is 273 Å². The quantitative estimate of drug-likeness (QED) is 0.126. The van der Waals surface area contributed by atoms with Gasteiger partial charge in [-0.25, -0.2) is 0 Å². The maximum absolute atomic E-state index is 4.97. The molecule has 0 amide bonds. The number of halogens is 3. The van der Waals surface area contributed by atoms with Gasteiger partial charge in [0.15, 0.2) is 0 Å². The summed E-state index contributed by atoms with van der Waals surface area (Å²) in [7, 11) is 12.3. The smallest absolute Gasteiger partial charge is 0.0620 e. The molecule has 0 nitrogen and oxygen atoms in total. The molecule has 0 bridgehead atoms. The average molecular weight is 1090 g/mol. The van der Waals surface area contributed by atoms with E-state index in [2.05, 4.69) is 273 Å². The van der Waals surface area contributed by atoms with E-state index in [4.69, 9.17) is 28.8 Å². The molecule has 0 aromatic heterocycles. The van der Waals surface area contributed by atoms with Crippen molar-refractivity contribution in [3.63, 3.8) is 0 Å². The Morgan fingerprint density at radius 3 is 0.344 bits per heavy atom. The third kappa shape index (κ3) is 15.0. The van der Waals surface area contributed by atoms with Crippen molar-refractivity contribution in [1.82, 2.24) is 0 Å². The number of hydrogen-bond donors (Lipinski definition) is 0.